The molecule has 0 radical (unpaired) electrons. The van der Waals surface area contributed by atoms with Crippen molar-refractivity contribution in [2.24, 2.45) is 14.1 Å². The van der Waals surface area contributed by atoms with Gasteiger partial charge in [0.25, 0.3) is 5.91 Å². The monoisotopic (exact) mass is 349 g/mol. The van der Waals surface area contributed by atoms with E-state index in [4.69, 9.17) is 4.42 Å². The Kier molecular flexibility index (Phi) is 3.21. The van der Waals surface area contributed by atoms with Crippen LogP contribution in [0, 0.1) is 0 Å². The maximum Gasteiger partial charge on any atom is 0.328 e. The van der Waals surface area contributed by atoms with Gasteiger partial charge in [-0.2, -0.15) is 0 Å². The number of furan rings is 1. The maximum absolute atomic E-state index is 12.0. The molecule has 0 atom stereocenters. The van der Waals surface area contributed by atoms with Crippen LogP contribution in [-0.2, 0) is 14.1 Å². The number of carbonyl (C=O) groups excluding carboxylic acids is 1. The molecule has 7 heteroatoms. The first-order chi connectivity index (χ1) is 9.99. The minimum atomic E-state index is -0.346. The van der Waals surface area contributed by atoms with Crippen molar-refractivity contribution in [2.45, 2.75) is 0 Å². The van der Waals surface area contributed by atoms with Crippen molar-refractivity contribution in [1.29, 1.82) is 0 Å². The second-order valence-corrected chi connectivity index (χ2v) is 5.51. The van der Waals surface area contributed by atoms with Gasteiger partial charge in [0.05, 0.1) is 23.0 Å². The summed E-state index contributed by atoms with van der Waals surface area (Å²) in [4.78, 5) is 23.9. The van der Waals surface area contributed by atoms with Crippen molar-refractivity contribution in [3.63, 3.8) is 0 Å². The average Bonchev–Trinajstić information content (AvgIpc) is 3.06. The quantitative estimate of drug-likeness (QED) is 0.772. The minimum Gasteiger partial charge on any atom is -0.459 e. The molecule has 0 unspecified atom stereocenters. The molecular formula is C14H12BrN3O3. The van der Waals surface area contributed by atoms with Crippen LogP contribution in [0.3, 0.4) is 0 Å². The fraction of sp³-hybridized carbons (Fsp3) is 0.143. The lowest BCUT2D eigenvalue weighted by atomic mass is 10.2. The number of rotatable bonds is 2. The largest absolute Gasteiger partial charge is 0.459 e. The third-order valence-corrected chi connectivity index (χ3v) is 4.01. The van der Waals surface area contributed by atoms with Crippen molar-refractivity contribution in [2.75, 3.05) is 5.32 Å². The van der Waals surface area contributed by atoms with E-state index in [1.54, 1.807) is 42.9 Å². The van der Waals surface area contributed by atoms with Gasteiger partial charge in [0, 0.05) is 18.6 Å². The summed E-state index contributed by atoms with van der Waals surface area (Å²) >= 11 is 3.41. The summed E-state index contributed by atoms with van der Waals surface area (Å²) in [7, 11) is 3.40. The van der Waals surface area contributed by atoms with Gasteiger partial charge < -0.3 is 9.73 Å². The molecule has 0 saturated carbocycles. The number of amides is 1. The Labute approximate surface area is 128 Å². The third-order valence-electron chi connectivity index (χ3n) is 3.35. The van der Waals surface area contributed by atoms with Gasteiger partial charge in [-0.15, -0.1) is 0 Å². The number of aryl methyl sites for hydroxylation is 2. The van der Waals surface area contributed by atoms with Gasteiger partial charge in [0.1, 0.15) is 0 Å². The van der Waals surface area contributed by atoms with Gasteiger partial charge in [-0.3, -0.25) is 13.9 Å². The Hall–Kier alpha value is -2.28. The first kappa shape index (κ1) is 13.7. The number of halogens is 1. The molecule has 1 amide bonds. The number of imidazole rings is 1. The normalized spacial score (nSPS) is 11.0. The predicted molar refractivity (Wildman–Crippen MR) is 82.5 cm³/mol. The molecule has 1 aromatic carbocycles. The van der Waals surface area contributed by atoms with E-state index < -0.39 is 0 Å². The highest BCUT2D eigenvalue weighted by Crippen LogP contribution is 2.28. The molecule has 0 fully saturated rings. The van der Waals surface area contributed by atoms with E-state index in [1.807, 2.05) is 0 Å². The number of hydrogen-bond acceptors (Lipinski definition) is 3. The molecule has 2 aromatic heterocycles. The molecule has 0 bridgehead atoms. The summed E-state index contributed by atoms with van der Waals surface area (Å²) in [5.74, 6) is -0.120. The van der Waals surface area contributed by atoms with Crippen LogP contribution in [0.2, 0.25) is 0 Å². The van der Waals surface area contributed by atoms with Gasteiger partial charge in [-0.05, 0) is 40.2 Å². The van der Waals surface area contributed by atoms with Gasteiger partial charge in [-0.25, -0.2) is 4.79 Å². The standard InChI is InChI=1S/C14H12BrN3O3/c1-17-10-6-8(15)9(7-11(10)18(2)14(17)20)16-13(19)12-4-3-5-21-12/h3-7H,1-2H3,(H,16,19). The van der Waals surface area contributed by atoms with Crippen LogP contribution in [0.1, 0.15) is 10.6 Å². The van der Waals surface area contributed by atoms with E-state index in [1.165, 1.54) is 10.8 Å². The summed E-state index contributed by atoms with van der Waals surface area (Å²) in [6.07, 6.45) is 1.44. The summed E-state index contributed by atoms with van der Waals surface area (Å²) < 4.78 is 8.83. The molecule has 0 saturated heterocycles. The van der Waals surface area contributed by atoms with Crippen molar-refractivity contribution in [3.05, 3.63) is 51.2 Å². The Bertz CT molecular complexity index is 890. The van der Waals surface area contributed by atoms with Crippen LogP contribution in [0.15, 0.2) is 44.2 Å². The van der Waals surface area contributed by atoms with Gasteiger partial charge in [0.2, 0.25) is 0 Å². The van der Waals surface area contributed by atoms with Crippen LogP contribution in [0.4, 0.5) is 5.69 Å². The highest BCUT2D eigenvalue weighted by molar-refractivity contribution is 9.10. The van der Waals surface area contributed by atoms with E-state index in [-0.39, 0.29) is 17.4 Å². The SMILES string of the molecule is Cn1c(=O)n(C)c2cc(NC(=O)c3ccco3)c(Br)cc21. The lowest BCUT2D eigenvalue weighted by Crippen LogP contribution is -2.19. The van der Waals surface area contributed by atoms with Gasteiger partial charge >= 0.3 is 5.69 Å². The highest BCUT2D eigenvalue weighted by atomic mass is 79.9. The van der Waals surface area contributed by atoms with Crippen molar-refractivity contribution in [3.8, 4) is 0 Å². The third kappa shape index (κ3) is 2.19. The molecule has 3 aromatic rings. The topological polar surface area (TPSA) is 69.2 Å². The lowest BCUT2D eigenvalue weighted by Gasteiger charge is -2.07. The van der Waals surface area contributed by atoms with Gasteiger partial charge in [0.15, 0.2) is 5.76 Å². The average molecular weight is 350 g/mol. The second kappa shape index (κ2) is 4.92. The Balaban J connectivity index is 2.07. The van der Waals surface area contributed by atoms with Crippen molar-refractivity contribution < 1.29 is 9.21 Å². The van der Waals surface area contributed by atoms with E-state index in [9.17, 15) is 9.59 Å². The fourth-order valence-corrected chi connectivity index (χ4v) is 2.64. The number of carbonyl (C=O) groups is 1. The lowest BCUT2D eigenvalue weighted by molar-refractivity contribution is 0.0996. The Morgan fingerprint density at radius 1 is 1.24 bits per heavy atom. The van der Waals surface area contributed by atoms with E-state index in [0.29, 0.717) is 10.2 Å². The molecule has 6 nitrogen and oxygen atoms in total. The zero-order valence-electron chi connectivity index (χ0n) is 11.4. The molecule has 3 rings (SSSR count). The van der Waals surface area contributed by atoms with Crippen LogP contribution >= 0.6 is 15.9 Å². The van der Waals surface area contributed by atoms with Crippen LogP contribution in [0.5, 0.6) is 0 Å². The molecule has 0 spiro atoms. The summed E-state index contributed by atoms with van der Waals surface area (Å²) in [5, 5.41) is 2.76. The first-order valence-corrected chi connectivity index (χ1v) is 6.98. The maximum atomic E-state index is 12.0. The summed E-state index contributed by atoms with van der Waals surface area (Å²) in [6.45, 7) is 0. The molecule has 0 aliphatic heterocycles. The number of fused-ring (bicyclic) bond motifs is 1. The number of nitrogens with zero attached hydrogens (tertiary/aromatic N) is 2. The van der Waals surface area contributed by atoms with E-state index in [0.717, 1.165) is 11.0 Å². The van der Waals surface area contributed by atoms with Crippen molar-refractivity contribution in [1.82, 2.24) is 9.13 Å². The Morgan fingerprint density at radius 3 is 2.52 bits per heavy atom. The predicted octanol–water partition coefficient (Wildman–Crippen LogP) is 2.48. The smallest absolute Gasteiger partial charge is 0.328 e. The summed E-state index contributed by atoms with van der Waals surface area (Å²) in [5.41, 5.74) is 1.97. The molecule has 0 aliphatic carbocycles. The molecule has 0 aliphatic rings. The minimum absolute atomic E-state index is 0.119. The van der Waals surface area contributed by atoms with Crippen LogP contribution < -0.4 is 11.0 Å². The van der Waals surface area contributed by atoms with E-state index in [2.05, 4.69) is 21.2 Å². The van der Waals surface area contributed by atoms with Crippen LogP contribution in [0.25, 0.3) is 11.0 Å². The number of hydrogen-bond donors (Lipinski definition) is 1. The molecular weight excluding hydrogens is 338 g/mol. The zero-order valence-corrected chi connectivity index (χ0v) is 13.0. The summed E-state index contributed by atoms with van der Waals surface area (Å²) in [6, 6.07) is 6.78. The zero-order chi connectivity index (χ0) is 15.1. The van der Waals surface area contributed by atoms with E-state index >= 15 is 0 Å². The first-order valence-electron chi connectivity index (χ1n) is 6.19. The molecule has 2 heterocycles. The number of benzene rings is 1. The highest BCUT2D eigenvalue weighted by Gasteiger charge is 2.14. The number of aromatic nitrogens is 2. The second-order valence-electron chi connectivity index (χ2n) is 4.65. The molecule has 1 N–H and O–H groups in total. The number of anilines is 1. The number of nitrogens with one attached hydrogen (secondary N) is 1. The molecule has 108 valence electrons. The van der Waals surface area contributed by atoms with Crippen molar-refractivity contribution >= 4 is 38.6 Å². The van der Waals surface area contributed by atoms with Crippen LogP contribution in [-0.4, -0.2) is 15.0 Å². The molecule has 21 heavy (non-hydrogen) atoms. The van der Waals surface area contributed by atoms with Gasteiger partial charge in [-0.1, -0.05) is 0 Å². The fourth-order valence-electron chi connectivity index (χ4n) is 2.21. The Morgan fingerprint density at radius 2 is 1.90 bits per heavy atom.